The normalized spacial score (nSPS) is 12.6. The zero-order chi connectivity index (χ0) is 20.4. The van der Waals surface area contributed by atoms with Crippen LogP contribution in [0.25, 0.3) is 0 Å². The molecule has 4 N–H and O–H groups in total. The molecule has 3 amide bonds. The van der Waals surface area contributed by atoms with Crippen molar-refractivity contribution in [1.29, 1.82) is 0 Å². The summed E-state index contributed by atoms with van der Waals surface area (Å²) in [6, 6.07) is -0.742. The molecule has 0 spiro atoms. The Morgan fingerprint density at radius 3 is 1.85 bits per heavy atom. The molecule has 10 heteroatoms. The number of rotatable bonds is 7. The van der Waals surface area contributed by atoms with Crippen LogP contribution in [0.5, 0.6) is 0 Å². The van der Waals surface area contributed by atoms with Gasteiger partial charge in [-0.25, -0.2) is 14.4 Å². The lowest BCUT2D eigenvalue weighted by Gasteiger charge is -2.21. The van der Waals surface area contributed by atoms with Crippen LogP contribution in [0.1, 0.15) is 41.5 Å². The first-order chi connectivity index (χ1) is 11.8. The predicted molar refractivity (Wildman–Crippen MR) is 93.8 cm³/mol. The average Bonchev–Trinajstić information content (AvgIpc) is 2.44. The minimum atomic E-state index is -0.791. The van der Waals surface area contributed by atoms with Gasteiger partial charge in [0.25, 0.3) is 0 Å². The molecule has 0 aliphatic heterocycles. The number of hydrogen-bond acceptors (Lipinski definition) is 7. The molecule has 0 aliphatic rings. The van der Waals surface area contributed by atoms with Crippen LogP contribution in [-0.2, 0) is 14.2 Å². The third-order valence-corrected chi connectivity index (χ3v) is 2.44. The molecule has 26 heavy (non-hydrogen) atoms. The Balaban J connectivity index is 4.01. The molecule has 152 valence electrons. The minimum Gasteiger partial charge on any atom is -0.448 e. The van der Waals surface area contributed by atoms with Crippen LogP contribution in [0.4, 0.5) is 14.4 Å². The van der Waals surface area contributed by atoms with Crippen molar-refractivity contribution in [2.24, 2.45) is 0 Å². The maximum atomic E-state index is 11.6. The van der Waals surface area contributed by atoms with Gasteiger partial charge in [0.15, 0.2) is 0 Å². The van der Waals surface area contributed by atoms with Gasteiger partial charge in [-0.2, -0.15) is 0 Å². The Bertz CT molecular complexity index is 469. The highest BCUT2D eigenvalue weighted by Gasteiger charge is 2.19. The smallest absolute Gasteiger partial charge is 0.407 e. The quantitative estimate of drug-likeness (QED) is 0.386. The summed E-state index contributed by atoms with van der Waals surface area (Å²) in [4.78, 5) is 34.6. The fourth-order valence-corrected chi connectivity index (χ4v) is 1.50. The molecule has 0 aromatic rings. The highest BCUT2D eigenvalue weighted by atomic mass is 16.6. The van der Waals surface area contributed by atoms with E-state index in [9.17, 15) is 19.5 Å². The molecular weight excluding hydrogens is 346 g/mol. The molecule has 1 atom stereocenters. The van der Waals surface area contributed by atoms with E-state index in [4.69, 9.17) is 14.2 Å². The van der Waals surface area contributed by atoms with Gasteiger partial charge in [0.05, 0.1) is 19.2 Å². The molecule has 0 fully saturated rings. The standard InChI is InChI=1S/C16H31N3O7/c1-15(2,3)25-12(21)17-7-8-24-14(23)19-11(10-20)9-18-13(22)26-16(4,5)6/h11,20H,7-10H2,1-6H3,(H,17,21)(H,18,22)(H,19,23). The molecule has 0 saturated heterocycles. The fraction of sp³-hybridized carbons (Fsp3) is 0.812. The molecule has 1 unspecified atom stereocenters. The summed E-state index contributed by atoms with van der Waals surface area (Å²) in [5.41, 5.74) is -1.26. The number of aliphatic hydroxyl groups excluding tert-OH is 1. The van der Waals surface area contributed by atoms with Crippen molar-refractivity contribution in [2.75, 3.05) is 26.3 Å². The number of ether oxygens (including phenoxy) is 3. The predicted octanol–water partition coefficient (Wildman–Crippen LogP) is 1.12. The van der Waals surface area contributed by atoms with E-state index in [1.807, 2.05) is 0 Å². The van der Waals surface area contributed by atoms with Crippen LogP contribution in [0.3, 0.4) is 0 Å². The van der Waals surface area contributed by atoms with Crippen molar-refractivity contribution in [3.8, 4) is 0 Å². The van der Waals surface area contributed by atoms with Crippen molar-refractivity contribution in [3.05, 3.63) is 0 Å². The summed E-state index contributed by atoms with van der Waals surface area (Å²) in [6.45, 7) is 9.92. The summed E-state index contributed by atoms with van der Waals surface area (Å²) in [5.74, 6) is 0. The number of hydrogen-bond donors (Lipinski definition) is 4. The van der Waals surface area contributed by atoms with E-state index >= 15 is 0 Å². The van der Waals surface area contributed by atoms with Crippen LogP contribution in [0.2, 0.25) is 0 Å². The van der Waals surface area contributed by atoms with Crippen LogP contribution in [-0.4, -0.2) is 66.9 Å². The van der Waals surface area contributed by atoms with Gasteiger partial charge in [-0.1, -0.05) is 0 Å². The molecular formula is C16H31N3O7. The van der Waals surface area contributed by atoms with Gasteiger partial charge < -0.3 is 35.3 Å². The molecule has 0 radical (unpaired) electrons. The van der Waals surface area contributed by atoms with Crippen molar-refractivity contribution >= 4 is 18.3 Å². The first-order valence-corrected chi connectivity index (χ1v) is 8.30. The van der Waals surface area contributed by atoms with E-state index in [-0.39, 0.29) is 19.7 Å². The lowest BCUT2D eigenvalue weighted by Crippen LogP contribution is -2.47. The third-order valence-electron chi connectivity index (χ3n) is 2.44. The Morgan fingerprint density at radius 1 is 0.885 bits per heavy atom. The highest BCUT2D eigenvalue weighted by molar-refractivity contribution is 5.69. The van der Waals surface area contributed by atoms with Gasteiger partial charge in [0.2, 0.25) is 0 Å². The highest BCUT2D eigenvalue weighted by Crippen LogP contribution is 2.06. The van der Waals surface area contributed by atoms with Crippen LogP contribution >= 0.6 is 0 Å². The molecule has 0 aliphatic carbocycles. The van der Waals surface area contributed by atoms with Crippen molar-refractivity contribution in [1.82, 2.24) is 16.0 Å². The Morgan fingerprint density at radius 2 is 1.38 bits per heavy atom. The molecule has 10 nitrogen and oxygen atoms in total. The van der Waals surface area contributed by atoms with Gasteiger partial charge >= 0.3 is 18.3 Å². The SMILES string of the molecule is CC(C)(C)OC(=O)NCCOC(=O)NC(CO)CNC(=O)OC(C)(C)C. The second-order valence-electron chi connectivity index (χ2n) is 7.47. The van der Waals surface area contributed by atoms with E-state index in [1.165, 1.54) is 0 Å². The van der Waals surface area contributed by atoms with Crippen LogP contribution in [0.15, 0.2) is 0 Å². The second kappa shape index (κ2) is 10.7. The van der Waals surface area contributed by atoms with Crippen LogP contribution in [0, 0.1) is 0 Å². The number of carbonyl (C=O) groups is 3. The zero-order valence-electron chi connectivity index (χ0n) is 16.3. The molecule has 0 heterocycles. The summed E-state index contributed by atoms with van der Waals surface area (Å²) in [7, 11) is 0. The van der Waals surface area contributed by atoms with Gasteiger partial charge in [-0.3, -0.25) is 0 Å². The summed E-state index contributed by atoms with van der Waals surface area (Å²) < 4.78 is 14.9. The molecule has 0 rings (SSSR count). The van der Waals surface area contributed by atoms with Crippen molar-refractivity contribution < 1.29 is 33.7 Å². The van der Waals surface area contributed by atoms with E-state index in [2.05, 4.69) is 16.0 Å². The number of amides is 3. The van der Waals surface area contributed by atoms with E-state index in [1.54, 1.807) is 41.5 Å². The van der Waals surface area contributed by atoms with Gasteiger partial charge in [0, 0.05) is 6.54 Å². The largest absolute Gasteiger partial charge is 0.448 e. The Kier molecular flexibility index (Phi) is 9.77. The lowest BCUT2D eigenvalue weighted by atomic mass is 10.2. The summed E-state index contributed by atoms with van der Waals surface area (Å²) in [6.07, 6.45) is -2.06. The van der Waals surface area contributed by atoms with E-state index in [0.29, 0.717) is 0 Å². The van der Waals surface area contributed by atoms with Gasteiger partial charge in [-0.05, 0) is 41.5 Å². The Hall–Kier alpha value is -2.23. The number of aliphatic hydroxyl groups is 1. The Labute approximate surface area is 153 Å². The summed E-state index contributed by atoms with van der Waals surface area (Å²) >= 11 is 0. The van der Waals surface area contributed by atoms with Gasteiger partial charge in [0.1, 0.15) is 17.8 Å². The first-order valence-electron chi connectivity index (χ1n) is 8.30. The first kappa shape index (κ1) is 23.8. The lowest BCUT2D eigenvalue weighted by molar-refractivity contribution is 0.0509. The summed E-state index contributed by atoms with van der Waals surface area (Å²) in [5, 5.41) is 16.5. The van der Waals surface area contributed by atoms with E-state index < -0.39 is 42.1 Å². The fourth-order valence-electron chi connectivity index (χ4n) is 1.50. The topological polar surface area (TPSA) is 135 Å². The maximum Gasteiger partial charge on any atom is 0.407 e. The number of carbonyl (C=O) groups excluding carboxylic acids is 3. The average molecular weight is 377 g/mol. The van der Waals surface area contributed by atoms with Crippen LogP contribution < -0.4 is 16.0 Å². The molecule has 0 saturated carbocycles. The zero-order valence-corrected chi connectivity index (χ0v) is 16.3. The van der Waals surface area contributed by atoms with Gasteiger partial charge in [-0.15, -0.1) is 0 Å². The third kappa shape index (κ3) is 14.1. The number of alkyl carbamates (subject to hydrolysis) is 3. The molecule has 0 bridgehead atoms. The second-order valence-corrected chi connectivity index (χ2v) is 7.47. The van der Waals surface area contributed by atoms with Crippen molar-refractivity contribution in [2.45, 2.75) is 58.8 Å². The van der Waals surface area contributed by atoms with E-state index in [0.717, 1.165) is 0 Å². The number of nitrogens with one attached hydrogen (secondary N) is 3. The molecule has 0 aromatic heterocycles. The monoisotopic (exact) mass is 377 g/mol. The van der Waals surface area contributed by atoms with Crippen molar-refractivity contribution in [3.63, 3.8) is 0 Å². The maximum absolute atomic E-state index is 11.6. The minimum absolute atomic E-state index is 0.0311. The molecule has 0 aromatic carbocycles.